The van der Waals surface area contributed by atoms with Crippen LogP contribution in [0.3, 0.4) is 0 Å². The summed E-state index contributed by atoms with van der Waals surface area (Å²) in [7, 11) is 1.93. The number of anilines is 4. The number of nitrogens with one attached hydrogen (secondary N) is 1. The van der Waals surface area contributed by atoms with E-state index in [0.717, 1.165) is 62.9 Å². The molecule has 3 heterocycles. The van der Waals surface area contributed by atoms with E-state index < -0.39 is 0 Å². The van der Waals surface area contributed by atoms with Gasteiger partial charge in [-0.25, -0.2) is 4.98 Å². The van der Waals surface area contributed by atoms with Crippen molar-refractivity contribution in [3.8, 4) is 0 Å². The van der Waals surface area contributed by atoms with Crippen LogP contribution in [0.15, 0.2) is 41.3 Å². The number of rotatable bonds is 4. The molecule has 1 aliphatic heterocycles. The molecule has 31 heavy (non-hydrogen) atoms. The highest BCUT2D eigenvalue weighted by Crippen LogP contribution is 2.31. The summed E-state index contributed by atoms with van der Waals surface area (Å²) >= 11 is 0. The molecule has 2 aromatic heterocycles. The Morgan fingerprint density at radius 3 is 2.39 bits per heavy atom. The van der Waals surface area contributed by atoms with Gasteiger partial charge in [0.1, 0.15) is 5.65 Å². The fraction of sp³-hybridized carbons (Fsp3) is 0.435. The molecule has 0 atom stereocenters. The fourth-order valence-corrected chi connectivity index (χ4v) is 4.79. The lowest BCUT2D eigenvalue weighted by molar-refractivity contribution is 0.516. The van der Waals surface area contributed by atoms with E-state index in [9.17, 15) is 4.79 Å². The molecule has 1 aromatic carbocycles. The van der Waals surface area contributed by atoms with E-state index in [1.807, 2.05) is 17.8 Å². The Kier molecular flexibility index (Phi) is 5.13. The number of nitrogens with two attached hydrogens (primary N) is 1. The van der Waals surface area contributed by atoms with Gasteiger partial charge in [0.2, 0.25) is 5.95 Å². The number of nitrogens with zero attached hydrogens (tertiary/aromatic N) is 5. The second kappa shape index (κ2) is 8.09. The van der Waals surface area contributed by atoms with Crippen LogP contribution in [0.25, 0.3) is 11.0 Å². The van der Waals surface area contributed by atoms with Gasteiger partial charge >= 0.3 is 0 Å². The molecule has 2 aliphatic rings. The Bertz CT molecular complexity index is 1130. The van der Waals surface area contributed by atoms with Crippen LogP contribution in [0.5, 0.6) is 0 Å². The minimum absolute atomic E-state index is 0.126. The third kappa shape index (κ3) is 3.66. The first-order chi connectivity index (χ1) is 15.1. The lowest BCUT2D eigenvalue weighted by Gasteiger charge is -2.36. The van der Waals surface area contributed by atoms with Gasteiger partial charge < -0.3 is 20.9 Å². The topological polar surface area (TPSA) is 92.3 Å². The van der Waals surface area contributed by atoms with E-state index in [0.29, 0.717) is 11.6 Å². The van der Waals surface area contributed by atoms with Gasteiger partial charge in [-0.3, -0.25) is 9.36 Å². The van der Waals surface area contributed by atoms with E-state index in [-0.39, 0.29) is 17.3 Å². The van der Waals surface area contributed by atoms with E-state index >= 15 is 0 Å². The molecule has 2 fully saturated rings. The summed E-state index contributed by atoms with van der Waals surface area (Å²) in [5.41, 5.74) is 9.21. The number of pyridine rings is 1. The second-order valence-electron chi connectivity index (χ2n) is 8.43. The molecule has 8 heteroatoms. The molecule has 1 aliphatic carbocycles. The summed E-state index contributed by atoms with van der Waals surface area (Å²) in [4.78, 5) is 26.9. The van der Waals surface area contributed by atoms with Crippen LogP contribution in [0.4, 0.5) is 23.0 Å². The smallest absolute Gasteiger partial charge is 0.275 e. The van der Waals surface area contributed by atoms with E-state index in [4.69, 9.17) is 10.7 Å². The SMILES string of the molecule is CNc1ccc(N2CCN(c3ncc4cc(N)c(=O)n(C5CCCC5)c4n3)CC2)cc1. The summed E-state index contributed by atoms with van der Waals surface area (Å²) in [5, 5.41) is 3.99. The molecule has 3 aromatic rings. The van der Waals surface area contributed by atoms with Crippen LogP contribution < -0.4 is 26.4 Å². The van der Waals surface area contributed by atoms with Crippen molar-refractivity contribution in [1.82, 2.24) is 14.5 Å². The maximum Gasteiger partial charge on any atom is 0.275 e. The van der Waals surface area contributed by atoms with Crippen LogP contribution in [0.2, 0.25) is 0 Å². The van der Waals surface area contributed by atoms with E-state index in [1.165, 1.54) is 5.69 Å². The molecular formula is C23H29N7O. The van der Waals surface area contributed by atoms with Crippen LogP contribution in [0.1, 0.15) is 31.7 Å². The molecule has 0 spiro atoms. The number of nitrogen functional groups attached to an aromatic ring is 1. The summed E-state index contributed by atoms with van der Waals surface area (Å²) < 4.78 is 1.82. The predicted octanol–water partition coefficient (Wildman–Crippen LogP) is 2.86. The molecule has 8 nitrogen and oxygen atoms in total. The minimum atomic E-state index is -0.126. The first-order valence-electron chi connectivity index (χ1n) is 11.1. The third-order valence-corrected chi connectivity index (χ3v) is 6.56. The van der Waals surface area contributed by atoms with Gasteiger partial charge in [0, 0.05) is 62.2 Å². The zero-order valence-corrected chi connectivity index (χ0v) is 17.9. The first kappa shape index (κ1) is 19.7. The van der Waals surface area contributed by atoms with Crippen molar-refractivity contribution < 1.29 is 0 Å². The average Bonchev–Trinajstić information content (AvgIpc) is 3.34. The highest BCUT2D eigenvalue weighted by Gasteiger charge is 2.24. The van der Waals surface area contributed by atoms with Crippen molar-refractivity contribution in [2.75, 3.05) is 54.1 Å². The second-order valence-corrected chi connectivity index (χ2v) is 8.43. The van der Waals surface area contributed by atoms with Gasteiger partial charge in [0.15, 0.2) is 0 Å². The Labute approximate surface area is 181 Å². The number of fused-ring (bicyclic) bond motifs is 1. The summed E-state index contributed by atoms with van der Waals surface area (Å²) in [6.45, 7) is 3.47. The summed E-state index contributed by atoms with van der Waals surface area (Å²) in [6.07, 6.45) is 6.10. The number of hydrogen-bond donors (Lipinski definition) is 2. The van der Waals surface area contributed by atoms with Crippen molar-refractivity contribution in [1.29, 1.82) is 0 Å². The molecule has 1 saturated heterocycles. The van der Waals surface area contributed by atoms with Crippen LogP contribution in [0, 0.1) is 0 Å². The van der Waals surface area contributed by atoms with E-state index in [2.05, 4.69) is 44.4 Å². The lowest BCUT2D eigenvalue weighted by Crippen LogP contribution is -2.47. The van der Waals surface area contributed by atoms with Crippen molar-refractivity contribution in [3.05, 3.63) is 46.9 Å². The summed E-state index contributed by atoms with van der Waals surface area (Å²) in [5.74, 6) is 0.689. The van der Waals surface area contributed by atoms with Gasteiger partial charge in [0.25, 0.3) is 5.56 Å². The molecule has 5 rings (SSSR count). The van der Waals surface area contributed by atoms with Crippen LogP contribution in [-0.4, -0.2) is 47.8 Å². The minimum Gasteiger partial charge on any atom is -0.394 e. The van der Waals surface area contributed by atoms with Crippen LogP contribution in [-0.2, 0) is 0 Å². The standard InChI is InChI=1S/C23H29N7O/c1-25-17-6-8-18(9-7-17)28-10-12-29(13-11-28)23-26-15-16-14-20(24)22(31)30(21(16)27-23)19-4-2-3-5-19/h6-9,14-15,19,25H,2-5,10-13,24H2,1H3. The molecular weight excluding hydrogens is 390 g/mol. The Morgan fingerprint density at radius 1 is 1.03 bits per heavy atom. The highest BCUT2D eigenvalue weighted by molar-refractivity contribution is 5.78. The lowest BCUT2D eigenvalue weighted by atomic mass is 10.2. The molecule has 162 valence electrons. The normalized spacial score (nSPS) is 17.5. The van der Waals surface area contributed by atoms with Gasteiger partial charge in [0.05, 0.1) is 5.69 Å². The number of hydrogen-bond acceptors (Lipinski definition) is 7. The third-order valence-electron chi connectivity index (χ3n) is 6.56. The molecule has 3 N–H and O–H groups in total. The average molecular weight is 420 g/mol. The zero-order valence-electron chi connectivity index (χ0n) is 17.9. The number of aromatic nitrogens is 3. The monoisotopic (exact) mass is 419 g/mol. The van der Waals surface area contributed by atoms with Gasteiger partial charge in [-0.15, -0.1) is 0 Å². The Morgan fingerprint density at radius 2 is 1.71 bits per heavy atom. The summed E-state index contributed by atoms with van der Waals surface area (Å²) in [6, 6.07) is 10.4. The molecule has 1 saturated carbocycles. The number of benzene rings is 1. The quantitative estimate of drug-likeness (QED) is 0.672. The largest absolute Gasteiger partial charge is 0.394 e. The molecule has 0 amide bonds. The van der Waals surface area contributed by atoms with Crippen molar-refractivity contribution in [3.63, 3.8) is 0 Å². The first-order valence-corrected chi connectivity index (χ1v) is 11.1. The van der Waals surface area contributed by atoms with Gasteiger partial charge in [-0.1, -0.05) is 12.8 Å². The molecule has 0 radical (unpaired) electrons. The maximum atomic E-state index is 12.9. The van der Waals surface area contributed by atoms with Crippen molar-refractivity contribution >= 4 is 34.0 Å². The maximum absolute atomic E-state index is 12.9. The Balaban J connectivity index is 1.40. The molecule has 0 bridgehead atoms. The van der Waals surface area contributed by atoms with Crippen molar-refractivity contribution in [2.45, 2.75) is 31.7 Å². The Hall–Kier alpha value is -3.29. The highest BCUT2D eigenvalue weighted by atomic mass is 16.1. The zero-order chi connectivity index (χ0) is 21.4. The number of piperazine rings is 1. The van der Waals surface area contributed by atoms with Gasteiger partial charge in [-0.2, -0.15) is 4.98 Å². The molecule has 0 unspecified atom stereocenters. The fourth-order valence-electron chi connectivity index (χ4n) is 4.79. The van der Waals surface area contributed by atoms with Crippen LogP contribution >= 0.6 is 0 Å². The van der Waals surface area contributed by atoms with Crippen molar-refractivity contribution in [2.24, 2.45) is 0 Å². The predicted molar refractivity (Wildman–Crippen MR) is 126 cm³/mol. The van der Waals surface area contributed by atoms with Gasteiger partial charge in [-0.05, 0) is 43.2 Å². The van der Waals surface area contributed by atoms with E-state index in [1.54, 1.807) is 6.07 Å².